The lowest BCUT2D eigenvalue weighted by molar-refractivity contribution is 0.377. The van der Waals surface area contributed by atoms with Crippen LogP contribution < -0.4 is 0 Å². The standard InChI is InChI=1S/C10H11FO/c11-8-5-2-6-9(12)10(8)7-3-1-4-7/h2,5-7,12H,1,3-4H2. The predicted molar refractivity (Wildman–Crippen MR) is 44.7 cm³/mol. The summed E-state index contributed by atoms with van der Waals surface area (Å²) >= 11 is 0. The van der Waals surface area contributed by atoms with E-state index in [0.717, 1.165) is 19.3 Å². The van der Waals surface area contributed by atoms with E-state index in [4.69, 9.17) is 0 Å². The number of hydrogen-bond donors (Lipinski definition) is 1. The summed E-state index contributed by atoms with van der Waals surface area (Å²) in [6.45, 7) is 0. The van der Waals surface area contributed by atoms with Gasteiger partial charge in [-0.25, -0.2) is 4.39 Å². The zero-order valence-corrected chi connectivity index (χ0v) is 6.76. The molecule has 12 heavy (non-hydrogen) atoms. The summed E-state index contributed by atoms with van der Waals surface area (Å²) in [5.41, 5.74) is 0.517. The van der Waals surface area contributed by atoms with Crippen molar-refractivity contribution < 1.29 is 9.50 Å². The van der Waals surface area contributed by atoms with Crippen LogP contribution in [0.1, 0.15) is 30.7 Å². The molecule has 0 atom stereocenters. The largest absolute Gasteiger partial charge is 0.508 e. The van der Waals surface area contributed by atoms with Crippen LogP contribution in [0.3, 0.4) is 0 Å². The molecule has 2 heteroatoms. The molecule has 2 rings (SSSR count). The molecule has 0 heterocycles. The van der Waals surface area contributed by atoms with Gasteiger partial charge in [0.05, 0.1) is 0 Å². The lowest BCUT2D eigenvalue weighted by Crippen LogP contribution is -2.10. The van der Waals surface area contributed by atoms with Gasteiger partial charge in [0.1, 0.15) is 11.6 Å². The third-order valence-corrected chi connectivity index (χ3v) is 2.54. The Morgan fingerprint density at radius 2 is 2.08 bits per heavy atom. The highest BCUT2D eigenvalue weighted by molar-refractivity contribution is 5.37. The van der Waals surface area contributed by atoms with Gasteiger partial charge in [-0.1, -0.05) is 12.5 Å². The molecule has 0 bridgehead atoms. The van der Waals surface area contributed by atoms with E-state index in [2.05, 4.69) is 0 Å². The van der Waals surface area contributed by atoms with Crippen LogP contribution in [-0.2, 0) is 0 Å². The van der Waals surface area contributed by atoms with Crippen LogP contribution in [0.25, 0.3) is 0 Å². The molecule has 1 aliphatic carbocycles. The zero-order valence-electron chi connectivity index (χ0n) is 6.76. The van der Waals surface area contributed by atoms with Gasteiger partial charge in [-0.15, -0.1) is 0 Å². The normalized spacial score (nSPS) is 17.4. The van der Waals surface area contributed by atoms with Crippen LogP contribution in [0, 0.1) is 5.82 Å². The minimum Gasteiger partial charge on any atom is -0.508 e. The molecule has 1 N–H and O–H groups in total. The Bertz CT molecular complexity index is 272. The molecule has 0 aliphatic heterocycles. The molecule has 64 valence electrons. The summed E-state index contributed by atoms with van der Waals surface area (Å²) in [6, 6.07) is 4.50. The summed E-state index contributed by atoms with van der Waals surface area (Å²) in [5, 5.41) is 9.39. The van der Waals surface area contributed by atoms with E-state index >= 15 is 0 Å². The van der Waals surface area contributed by atoms with E-state index in [1.165, 1.54) is 12.1 Å². The minimum atomic E-state index is -0.264. The van der Waals surface area contributed by atoms with E-state index in [1.807, 2.05) is 0 Å². The Balaban J connectivity index is 2.39. The first-order valence-electron chi connectivity index (χ1n) is 4.26. The molecule has 1 aliphatic rings. The minimum absolute atomic E-state index is 0.111. The molecule has 1 saturated carbocycles. The van der Waals surface area contributed by atoms with Gasteiger partial charge in [-0.2, -0.15) is 0 Å². The summed E-state index contributed by atoms with van der Waals surface area (Å²) in [5.74, 6) is 0.102. The second-order valence-corrected chi connectivity index (χ2v) is 3.30. The SMILES string of the molecule is Oc1cccc(F)c1C1CCC1. The third-order valence-electron chi connectivity index (χ3n) is 2.54. The first-order chi connectivity index (χ1) is 5.79. The van der Waals surface area contributed by atoms with Crippen LogP contribution in [0.4, 0.5) is 4.39 Å². The number of phenols is 1. The predicted octanol–water partition coefficient (Wildman–Crippen LogP) is 2.80. The average molecular weight is 166 g/mol. The Kier molecular flexibility index (Phi) is 1.75. The van der Waals surface area contributed by atoms with Crippen molar-refractivity contribution in [1.29, 1.82) is 0 Å². The Morgan fingerprint density at radius 3 is 2.58 bits per heavy atom. The molecule has 0 radical (unpaired) electrons. The van der Waals surface area contributed by atoms with Crippen molar-refractivity contribution in [2.24, 2.45) is 0 Å². The molecule has 0 unspecified atom stereocenters. The second-order valence-electron chi connectivity index (χ2n) is 3.30. The monoisotopic (exact) mass is 166 g/mol. The maximum absolute atomic E-state index is 13.2. The molecule has 1 nitrogen and oxygen atoms in total. The van der Waals surface area contributed by atoms with Crippen LogP contribution in [0.2, 0.25) is 0 Å². The van der Waals surface area contributed by atoms with Crippen molar-refractivity contribution in [3.63, 3.8) is 0 Å². The van der Waals surface area contributed by atoms with Gasteiger partial charge in [0, 0.05) is 5.56 Å². The number of benzene rings is 1. The lowest BCUT2D eigenvalue weighted by atomic mass is 9.79. The van der Waals surface area contributed by atoms with E-state index in [0.29, 0.717) is 5.56 Å². The highest BCUT2D eigenvalue weighted by Gasteiger charge is 2.24. The van der Waals surface area contributed by atoms with E-state index in [9.17, 15) is 9.50 Å². The Labute approximate surface area is 70.8 Å². The van der Waals surface area contributed by atoms with Gasteiger partial charge < -0.3 is 5.11 Å². The Morgan fingerprint density at radius 1 is 1.33 bits per heavy atom. The number of phenolic OH excluding ortho intramolecular Hbond substituents is 1. The number of hydrogen-bond acceptors (Lipinski definition) is 1. The maximum Gasteiger partial charge on any atom is 0.130 e. The third kappa shape index (κ3) is 1.07. The van der Waals surface area contributed by atoms with Crippen LogP contribution >= 0.6 is 0 Å². The van der Waals surface area contributed by atoms with Crippen LogP contribution in [-0.4, -0.2) is 5.11 Å². The quantitative estimate of drug-likeness (QED) is 0.680. The number of rotatable bonds is 1. The fourth-order valence-electron chi connectivity index (χ4n) is 1.63. The van der Waals surface area contributed by atoms with Crippen molar-refractivity contribution in [3.05, 3.63) is 29.6 Å². The highest BCUT2D eigenvalue weighted by Crippen LogP contribution is 2.41. The van der Waals surface area contributed by atoms with Gasteiger partial charge in [0.15, 0.2) is 0 Å². The van der Waals surface area contributed by atoms with Gasteiger partial charge in [0.25, 0.3) is 0 Å². The smallest absolute Gasteiger partial charge is 0.130 e. The fraction of sp³-hybridized carbons (Fsp3) is 0.400. The molecule has 0 spiro atoms. The molecule has 0 saturated heterocycles. The van der Waals surface area contributed by atoms with E-state index < -0.39 is 0 Å². The molecule has 1 aromatic rings. The van der Waals surface area contributed by atoms with Crippen molar-refractivity contribution in [2.75, 3.05) is 0 Å². The van der Waals surface area contributed by atoms with Gasteiger partial charge in [-0.05, 0) is 30.9 Å². The molecule has 0 amide bonds. The van der Waals surface area contributed by atoms with Crippen molar-refractivity contribution in [1.82, 2.24) is 0 Å². The van der Waals surface area contributed by atoms with E-state index in [1.54, 1.807) is 6.07 Å². The summed E-state index contributed by atoms with van der Waals surface area (Å²) < 4.78 is 13.2. The maximum atomic E-state index is 13.2. The molecular weight excluding hydrogens is 155 g/mol. The molecule has 1 fully saturated rings. The fourth-order valence-corrected chi connectivity index (χ4v) is 1.63. The van der Waals surface area contributed by atoms with E-state index in [-0.39, 0.29) is 17.5 Å². The average Bonchev–Trinajstić information content (AvgIpc) is 1.93. The highest BCUT2D eigenvalue weighted by atomic mass is 19.1. The second kappa shape index (κ2) is 2.77. The number of aromatic hydroxyl groups is 1. The lowest BCUT2D eigenvalue weighted by Gasteiger charge is -2.26. The van der Waals surface area contributed by atoms with Crippen molar-refractivity contribution in [3.8, 4) is 5.75 Å². The van der Waals surface area contributed by atoms with Crippen molar-refractivity contribution >= 4 is 0 Å². The molecule has 0 aromatic heterocycles. The van der Waals surface area contributed by atoms with Gasteiger partial charge >= 0.3 is 0 Å². The summed E-state index contributed by atoms with van der Waals surface area (Å²) in [7, 11) is 0. The molecular formula is C10H11FO. The summed E-state index contributed by atoms with van der Waals surface area (Å²) in [6.07, 6.45) is 3.17. The van der Waals surface area contributed by atoms with Crippen LogP contribution in [0.15, 0.2) is 18.2 Å². The first-order valence-corrected chi connectivity index (χ1v) is 4.26. The Hall–Kier alpha value is -1.05. The molecule has 1 aromatic carbocycles. The number of halogens is 1. The van der Waals surface area contributed by atoms with Crippen molar-refractivity contribution in [2.45, 2.75) is 25.2 Å². The van der Waals surface area contributed by atoms with Gasteiger partial charge in [-0.3, -0.25) is 0 Å². The topological polar surface area (TPSA) is 20.2 Å². The zero-order chi connectivity index (χ0) is 8.55. The van der Waals surface area contributed by atoms with Gasteiger partial charge in [0.2, 0.25) is 0 Å². The summed E-state index contributed by atoms with van der Waals surface area (Å²) in [4.78, 5) is 0. The van der Waals surface area contributed by atoms with Crippen LogP contribution in [0.5, 0.6) is 5.75 Å². The first kappa shape index (κ1) is 7.59.